The first-order chi connectivity index (χ1) is 5.27. The van der Waals surface area contributed by atoms with Crippen molar-refractivity contribution in [3.63, 3.8) is 0 Å². The number of aliphatic hydroxyl groups excluding tert-OH is 1. The summed E-state index contributed by atoms with van der Waals surface area (Å²) in [6, 6.07) is 0.132. The molecular formula is C8H19NO2. The van der Waals surface area contributed by atoms with Crippen molar-refractivity contribution >= 4 is 0 Å². The van der Waals surface area contributed by atoms with Gasteiger partial charge in [0.25, 0.3) is 0 Å². The third kappa shape index (κ3) is 9.88. The number of rotatable bonds is 7. The maximum Gasteiger partial charge on any atom is 0.0614 e. The SMILES string of the molecule is CC(N)COCCCCCO. The van der Waals surface area contributed by atoms with Crippen LogP contribution in [0.3, 0.4) is 0 Å². The lowest BCUT2D eigenvalue weighted by Crippen LogP contribution is -2.22. The first-order valence-electron chi connectivity index (χ1n) is 4.21. The molecule has 0 saturated carbocycles. The number of hydrogen-bond acceptors (Lipinski definition) is 3. The van der Waals surface area contributed by atoms with E-state index in [4.69, 9.17) is 15.6 Å². The molecule has 0 aliphatic heterocycles. The molecule has 0 spiro atoms. The summed E-state index contributed by atoms with van der Waals surface area (Å²) in [5, 5.41) is 8.45. The van der Waals surface area contributed by atoms with Crippen LogP contribution in [0.5, 0.6) is 0 Å². The molecule has 0 aromatic rings. The Morgan fingerprint density at radius 2 is 2.09 bits per heavy atom. The van der Waals surface area contributed by atoms with Crippen LogP contribution in [0.1, 0.15) is 26.2 Å². The molecule has 0 aromatic heterocycles. The molecule has 68 valence electrons. The van der Waals surface area contributed by atoms with Gasteiger partial charge in [0.1, 0.15) is 0 Å². The van der Waals surface area contributed by atoms with E-state index in [0.29, 0.717) is 6.61 Å². The van der Waals surface area contributed by atoms with Crippen LogP contribution in [0.15, 0.2) is 0 Å². The highest BCUT2D eigenvalue weighted by Gasteiger charge is 1.93. The van der Waals surface area contributed by atoms with E-state index >= 15 is 0 Å². The lowest BCUT2D eigenvalue weighted by molar-refractivity contribution is 0.119. The standard InChI is InChI=1S/C8H19NO2/c1-8(9)7-11-6-4-2-3-5-10/h8,10H,2-7,9H2,1H3. The van der Waals surface area contributed by atoms with Crippen LogP contribution in [0.25, 0.3) is 0 Å². The molecular weight excluding hydrogens is 142 g/mol. The predicted octanol–water partition coefficient (Wildman–Crippen LogP) is 0.513. The average molecular weight is 161 g/mol. The van der Waals surface area contributed by atoms with Crippen LogP contribution >= 0.6 is 0 Å². The van der Waals surface area contributed by atoms with Crippen LogP contribution in [-0.4, -0.2) is 31.0 Å². The monoisotopic (exact) mass is 161 g/mol. The quantitative estimate of drug-likeness (QED) is 0.535. The molecule has 0 amide bonds. The Bertz CT molecular complexity index is 76.5. The third-order valence-corrected chi connectivity index (χ3v) is 1.33. The van der Waals surface area contributed by atoms with Crippen LogP contribution in [-0.2, 0) is 4.74 Å². The van der Waals surface area contributed by atoms with Crippen LogP contribution < -0.4 is 5.73 Å². The number of nitrogens with two attached hydrogens (primary N) is 1. The summed E-state index contributed by atoms with van der Waals surface area (Å²) < 4.78 is 5.23. The molecule has 3 N–H and O–H groups in total. The highest BCUT2D eigenvalue weighted by molar-refractivity contribution is 4.48. The Hall–Kier alpha value is -0.120. The van der Waals surface area contributed by atoms with Gasteiger partial charge in [-0.15, -0.1) is 0 Å². The van der Waals surface area contributed by atoms with Gasteiger partial charge in [0.2, 0.25) is 0 Å². The lowest BCUT2D eigenvalue weighted by atomic mass is 10.2. The van der Waals surface area contributed by atoms with Crippen molar-refractivity contribution in [2.45, 2.75) is 32.2 Å². The van der Waals surface area contributed by atoms with Gasteiger partial charge >= 0.3 is 0 Å². The highest BCUT2D eigenvalue weighted by atomic mass is 16.5. The highest BCUT2D eigenvalue weighted by Crippen LogP contribution is 1.94. The Morgan fingerprint density at radius 3 is 2.64 bits per heavy atom. The molecule has 0 aliphatic carbocycles. The topological polar surface area (TPSA) is 55.5 Å². The molecule has 1 unspecified atom stereocenters. The number of ether oxygens (including phenoxy) is 1. The summed E-state index contributed by atoms with van der Waals surface area (Å²) >= 11 is 0. The van der Waals surface area contributed by atoms with E-state index in [1.54, 1.807) is 0 Å². The zero-order valence-corrected chi connectivity index (χ0v) is 7.25. The van der Waals surface area contributed by atoms with Gasteiger partial charge in [-0.2, -0.15) is 0 Å². The summed E-state index contributed by atoms with van der Waals surface area (Å²) in [4.78, 5) is 0. The predicted molar refractivity (Wildman–Crippen MR) is 45.4 cm³/mol. The van der Waals surface area contributed by atoms with Gasteiger partial charge in [0.15, 0.2) is 0 Å². The molecule has 0 saturated heterocycles. The van der Waals surface area contributed by atoms with Crippen molar-refractivity contribution in [2.24, 2.45) is 5.73 Å². The molecule has 3 heteroatoms. The normalized spacial score (nSPS) is 13.4. The van der Waals surface area contributed by atoms with Gasteiger partial charge in [-0.1, -0.05) is 0 Å². The molecule has 1 atom stereocenters. The van der Waals surface area contributed by atoms with Crippen LogP contribution in [0.2, 0.25) is 0 Å². The minimum Gasteiger partial charge on any atom is -0.396 e. The van der Waals surface area contributed by atoms with Crippen LogP contribution in [0.4, 0.5) is 0 Å². The molecule has 0 radical (unpaired) electrons. The lowest BCUT2D eigenvalue weighted by Gasteiger charge is -2.05. The van der Waals surface area contributed by atoms with Crippen molar-refractivity contribution in [3.05, 3.63) is 0 Å². The zero-order valence-electron chi connectivity index (χ0n) is 7.25. The van der Waals surface area contributed by atoms with Gasteiger partial charge in [0, 0.05) is 19.3 Å². The fourth-order valence-electron chi connectivity index (χ4n) is 0.762. The second kappa shape index (κ2) is 7.98. The molecule has 0 aliphatic rings. The van der Waals surface area contributed by atoms with E-state index in [1.807, 2.05) is 6.92 Å². The molecule has 0 heterocycles. The van der Waals surface area contributed by atoms with Gasteiger partial charge in [0.05, 0.1) is 6.61 Å². The fourth-order valence-corrected chi connectivity index (χ4v) is 0.762. The zero-order chi connectivity index (χ0) is 8.53. The molecule has 0 bridgehead atoms. The van der Waals surface area contributed by atoms with Gasteiger partial charge in [-0.25, -0.2) is 0 Å². The van der Waals surface area contributed by atoms with Crippen LogP contribution in [0, 0.1) is 0 Å². The molecule has 0 aromatic carbocycles. The molecule has 0 rings (SSSR count). The Morgan fingerprint density at radius 1 is 1.36 bits per heavy atom. The third-order valence-electron chi connectivity index (χ3n) is 1.33. The summed E-state index contributed by atoms with van der Waals surface area (Å²) in [5.74, 6) is 0. The van der Waals surface area contributed by atoms with Crippen molar-refractivity contribution in [3.8, 4) is 0 Å². The maximum absolute atomic E-state index is 8.45. The average Bonchev–Trinajstić information content (AvgIpc) is 1.96. The van der Waals surface area contributed by atoms with E-state index in [1.165, 1.54) is 0 Å². The Labute approximate surface area is 68.5 Å². The van der Waals surface area contributed by atoms with E-state index < -0.39 is 0 Å². The minimum atomic E-state index is 0.132. The summed E-state index contributed by atoms with van der Waals surface area (Å²) in [5.41, 5.74) is 5.47. The van der Waals surface area contributed by atoms with E-state index in [-0.39, 0.29) is 12.6 Å². The maximum atomic E-state index is 8.45. The van der Waals surface area contributed by atoms with Gasteiger partial charge in [-0.3, -0.25) is 0 Å². The molecule has 11 heavy (non-hydrogen) atoms. The van der Waals surface area contributed by atoms with Crippen molar-refractivity contribution in [1.82, 2.24) is 0 Å². The van der Waals surface area contributed by atoms with Gasteiger partial charge < -0.3 is 15.6 Å². The number of aliphatic hydroxyl groups is 1. The molecule has 3 nitrogen and oxygen atoms in total. The number of hydrogen-bond donors (Lipinski definition) is 2. The van der Waals surface area contributed by atoms with E-state index in [9.17, 15) is 0 Å². The second-order valence-electron chi connectivity index (χ2n) is 2.84. The van der Waals surface area contributed by atoms with Crippen molar-refractivity contribution < 1.29 is 9.84 Å². The Balaban J connectivity index is 2.80. The summed E-state index contributed by atoms with van der Waals surface area (Å²) in [6.45, 7) is 3.61. The van der Waals surface area contributed by atoms with Gasteiger partial charge in [-0.05, 0) is 26.2 Å². The minimum absolute atomic E-state index is 0.132. The van der Waals surface area contributed by atoms with E-state index in [2.05, 4.69) is 0 Å². The number of unbranched alkanes of at least 4 members (excludes halogenated alkanes) is 2. The first-order valence-corrected chi connectivity index (χ1v) is 4.21. The van der Waals surface area contributed by atoms with Crippen molar-refractivity contribution in [1.29, 1.82) is 0 Å². The van der Waals surface area contributed by atoms with Crippen molar-refractivity contribution in [2.75, 3.05) is 19.8 Å². The molecule has 0 fully saturated rings. The summed E-state index contributed by atoms with van der Waals surface area (Å²) in [7, 11) is 0. The first kappa shape index (κ1) is 10.9. The second-order valence-corrected chi connectivity index (χ2v) is 2.84. The fraction of sp³-hybridized carbons (Fsp3) is 1.00. The Kier molecular flexibility index (Phi) is 7.89. The van der Waals surface area contributed by atoms with E-state index in [0.717, 1.165) is 25.9 Å². The smallest absolute Gasteiger partial charge is 0.0614 e. The largest absolute Gasteiger partial charge is 0.396 e. The summed E-state index contributed by atoms with van der Waals surface area (Å²) in [6.07, 6.45) is 2.93.